The van der Waals surface area contributed by atoms with Crippen LogP contribution in [0.25, 0.3) is 0 Å². The Bertz CT molecular complexity index is 646. The molecule has 0 spiro atoms. The fraction of sp³-hybridized carbons (Fsp3) is 0. The van der Waals surface area contributed by atoms with E-state index < -0.39 is 11.9 Å². The van der Waals surface area contributed by atoms with E-state index in [0.717, 1.165) is 0 Å². The van der Waals surface area contributed by atoms with E-state index in [4.69, 9.17) is 5.11 Å². The Morgan fingerprint density at radius 3 is 2.37 bits per heavy atom. The fourth-order valence-corrected chi connectivity index (χ4v) is 1.85. The van der Waals surface area contributed by atoms with Crippen molar-refractivity contribution in [2.45, 2.75) is 0 Å². The van der Waals surface area contributed by atoms with E-state index in [1.165, 1.54) is 24.5 Å². The van der Waals surface area contributed by atoms with Crippen LogP contribution in [0.5, 0.6) is 0 Å². The molecule has 2 heterocycles. The van der Waals surface area contributed by atoms with E-state index in [1.807, 2.05) is 0 Å². The van der Waals surface area contributed by atoms with E-state index in [2.05, 4.69) is 31.2 Å². The van der Waals surface area contributed by atoms with Gasteiger partial charge < -0.3 is 10.4 Å². The number of carboxylic acids is 1. The topological polar surface area (TPSA) is 92.2 Å². The number of halogens is 1. The molecule has 2 aromatic heterocycles. The Labute approximate surface area is 116 Å². The van der Waals surface area contributed by atoms with Gasteiger partial charge in [0.05, 0.1) is 5.69 Å². The van der Waals surface area contributed by atoms with Crippen LogP contribution in [0.2, 0.25) is 0 Å². The lowest BCUT2D eigenvalue weighted by molar-refractivity contribution is 0.0692. The molecule has 0 aliphatic heterocycles. The minimum atomic E-state index is -1.21. The number of carbonyl (C=O) groups excluding carboxylic acids is 1. The highest BCUT2D eigenvalue weighted by atomic mass is 79.9. The molecule has 96 valence electrons. The molecule has 0 saturated carbocycles. The number of aromatic nitrogens is 2. The van der Waals surface area contributed by atoms with Gasteiger partial charge in [0.25, 0.3) is 5.91 Å². The predicted molar refractivity (Wildman–Crippen MR) is 71.1 cm³/mol. The van der Waals surface area contributed by atoms with Crippen LogP contribution in [-0.2, 0) is 0 Å². The maximum absolute atomic E-state index is 12.0. The van der Waals surface area contributed by atoms with Crippen molar-refractivity contribution in [1.29, 1.82) is 0 Å². The predicted octanol–water partition coefficient (Wildman–Crippen LogP) is 2.19. The van der Waals surface area contributed by atoms with Crippen molar-refractivity contribution in [1.82, 2.24) is 9.97 Å². The number of pyridine rings is 2. The second-order valence-electron chi connectivity index (χ2n) is 3.49. The van der Waals surface area contributed by atoms with Gasteiger partial charge in [-0.25, -0.2) is 14.8 Å². The lowest BCUT2D eigenvalue weighted by Crippen LogP contribution is -2.17. The summed E-state index contributed by atoms with van der Waals surface area (Å²) in [6, 6.07) is 6.34. The second-order valence-corrected chi connectivity index (χ2v) is 4.35. The Kier molecular flexibility index (Phi) is 3.86. The number of hydrogen-bond donors (Lipinski definition) is 2. The van der Waals surface area contributed by atoms with Gasteiger partial charge in [-0.3, -0.25) is 4.79 Å². The molecule has 0 aliphatic rings. The smallest absolute Gasteiger partial charge is 0.356 e. The van der Waals surface area contributed by atoms with Gasteiger partial charge in [0.15, 0.2) is 5.69 Å². The van der Waals surface area contributed by atoms with Crippen molar-refractivity contribution < 1.29 is 14.7 Å². The molecule has 1 amide bonds. The summed E-state index contributed by atoms with van der Waals surface area (Å²) in [7, 11) is 0. The third-order valence-electron chi connectivity index (χ3n) is 2.23. The molecule has 0 atom stereocenters. The highest BCUT2D eigenvalue weighted by molar-refractivity contribution is 9.10. The molecule has 0 radical (unpaired) electrons. The standard InChI is InChI=1S/C12H8BrN3O3/c13-7-3-1-5-14-9(7)11(17)16-8-4-2-6-15-10(8)12(18)19/h1-6H,(H,16,17)(H,18,19). The first-order valence-electron chi connectivity index (χ1n) is 5.20. The zero-order valence-corrected chi connectivity index (χ0v) is 11.1. The lowest BCUT2D eigenvalue weighted by atomic mass is 10.2. The highest BCUT2D eigenvalue weighted by Crippen LogP contribution is 2.17. The van der Waals surface area contributed by atoms with E-state index >= 15 is 0 Å². The molecule has 2 aromatic rings. The maximum atomic E-state index is 12.0. The Hall–Kier alpha value is -2.28. The van der Waals surface area contributed by atoms with E-state index in [0.29, 0.717) is 4.47 Å². The van der Waals surface area contributed by atoms with Crippen LogP contribution in [0.15, 0.2) is 41.1 Å². The Morgan fingerprint density at radius 1 is 1.11 bits per heavy atom. The molecular formula is C12H8BrN3O3. The lowest BCUT2D eigenvalue weighted by Gasteiger charge is -2.07. The number of amides is 1. The maximum Gasteiger partial charge on any atom is 0.356 e. The number of hydrogen-bond acceptors (Lipinski definition) is 4. The van der Waals surface area contributed by atoms with E-state index in [-0.39, 0.29) is 17.1 Å². The number of nitrogens with one attached hydrogen (secondary N) is 1. The summed E-state index contributed by atoms with van der Waals surface area (Å²) in [5.41, 5.74) is 0.0724. The summed E-state index contributed by atoms with van der Waals surface area (Å²) in [6.07, 6.45) is 2.82. The largest absolute Gasteiger partial charge is 0.476 e. The zero-order chi connectivity index (χ0) is 13.8. The number of aromatic carboxylic acids is 1. The van der Waals surface area contributed by atoms with E-state index in [9.17, 15) is 9.59 Å². The number of carboxylic acid groups (broad SMARTS) is 1. The Morgan fingerprint density at radius 2 is 1.74 bits per heavy atom. The monoisotopic (exact) mass is 321 g/mol. The van der Waals surface area contributed by atoms with Crippen LogP contribution in [0.1, 0.15) is 21.0 Å². The second kappa shape index (κ2) is 5.57. The van der Waals surface area contributed by atoms with Crippen molar-refractivity contribution in [2.24, 2.45) is 0 Å². The number of rotatable bonds is 3. The normalized spacial score (nSPS) is 9.95. The first-order chi connectivity index (χ1) is 9.09. The van der Waals surface area contributed by atoms with Crippen molar-refractivity contribution >= 4 is 33.5 Å². The third-order valence-corrected chi connectivity index (χ3v) is 2.87. The summed E-state index contributed by atoms with van der Waals surface area (Å²) in [5, 5.41) is 11.4. The summed E-state index contributed by atoms with van der Waals surface area (Å²) in [6.45, 7) is 0. The molecule has 0 fully saturated rings. The van der Waals surface area contributed by atoms with Gasteiger partial charge >= 0.3 is 5.97 Å². The molecule has 0 saturated heterocycles. The van der Waals surface area contributed by atoms with Crippen molar-refractivity contribution in [3.05, 3.63) is 52.5 Å². The van der Waals surface area contributed by atoms with Crippen LogP contribution >= 0.6 is 15.9 Å². The zero-order valence-electron chi connectivity index (χ0n) is 9.50. The van der Waals surface area contributed by atoms with Crippen LogP contribution in [-0.4, -0.2) is 27.0 Å². The first kappa shape index (κ1) is 13.2. The number of carbonyl (C=O) groups is 2. The summed E-state index contributed by atoms with van der Waals surface area (Å²) in [5.74, 6) is -1.72. The molecule has 0 aromatic carbocycles. The van der Waals surface area contributed by atoms with Gasteiger partial charge in [-0.05, 0) is 40.2 Å². The van der Waals surface area contributed by atoms with Gasteiger partial charge in [0.2, 0.25) is 0 Å². The van der Waals surface area contributed by atoms with E-state index in [1.54, 1.807) is 12.1 Å². The van der Waals surface area contributed by atoms with Crippen molar-refractivity contribution in [3.8, 4) is 0 Å². The minimum absolute atomic E-state index is 0.123. The Balaban J connectivity index is 2.30. The fourth-order valence-electron chi connectivity index (χ4n) is 1.41. The average Bonchev–Trinajstić information content (AvgIpc) is 2.39. The molecule has 19 heavy (non-hydrogen) atoms. The van der Waals surface area contributed by atoms with Gasteiger partial charge in [0.1, 0.15) is 5.69 Å². The molecule has 7 heteroatoms. The quantitative estimate of drug-likeness (QED) is 0.904. The van der Waals surface area contributed by atoms with Gasteiger partial charge in [-0.15, -0.1) is 0 Å². The van der Waals surface area contributed by atoms with Crippen LogP contribution < -0.4 is 5.32 Å². The number of anilines is 1. The third kappa shape index (κ3) is 2.94. The first-order valence-corrected chi connectivity index (χ1v) is 5.99. The summed E-state index contributed by atoms with van der Waals surface area (Å²) >= 11 is 3.20. The minimum Gasteiger partial charge on any atom is -0.476 e. The van der Waals surface area contributed by atoms with Gasteiger partial charge in [-0.2, -0.15) is 0 Å². The molecular weight excluding hydrogens is 314 g/mol. The summed E-state index contributed by atoms with van der Waals surface area (Å²) < 4.78 is 0.522. The molecule has 6 nitrogen and oxygen atoms in total. The SMILES string of the molecule is O=C(Nc1cccnc1C(=O)O)c1ncccc1Br. The molecule has 0 bridgehead atoms. The molecule has 2 rings (SSSR count). The molecule has 0 unspecified atom stereocenters. The van der Waals surface area contributed by atoms with Crippen LogP contribution in [0.4, 0.5) is 5.69 Å². The van der Waals surface area contributed by atoms with Crippen LogP contribution in [0.3, 0.4) is 0 Å². The van der Waals surface area contributed by atoms with Crippen LogP contribution in [0, 0.1) is 0 Å². The summed E-state index contributed by atoms with van der Waals surface area (Å²) in [4.78, 5) is 30.6. The van der Waals surface area contributed by atoms with Gasteiger partial charge in [-0.1, -0.05) is 0 Å². The van der Waals surface area contributed by atoms with Gasteiger partial charge in [0, 0.05) is 16.9 Å². The average molecular weight is 322 g/mol. The highest BCUT2D eigenvalue weighted by Gasteiger charge is 2.16. The van der Waals surface area contributed by atoms with Crippen molar-refractivity contribution in [3.63, 3.8) is 0 Å². The molecule has 2 N–H and O–H groups in total. The number of nitrogens with zero attached hydrogens (tertiary/aromatic N) is 2. The molecule has 0 aliphatic carbocycles. The van der Waals surface area contributed by atoms with Crippen molar-refractivity contribution in [2.75, 3.05) is 5.32 Å².